The summed E-state index contributed by atoms with van der Waals surface area (Å²) in [6.07, 6.45) is 3.04. The number of morpholine rings is 1. The number of benzene rings is 1. The molecule has 2 unspecified atom stereocenters. The zero-order chi connectivity index (χ0) is 19.2. The van der Waals surface area contributed by atoms with E-state index >= 15 is 0 Å². The van der Waals surface area contributed by atoms with Crippen molar-refractivity contribution in [3.8, 4) is 11.4 Å². The second kappa shape index (κ2) is 6.90. The van der Waals surface area contributed by atoms with Gasteiger partial charge in [0.2, 0.25) is 0 Å². The van der Waals surface area contributed by atoms with Gasteiger partial charge in [-0.1, -0.05) is 57.5 Å². The van der Waals surface area contributed by atoms with Crippen LogP contribution in [-0.4, -0.2) is 35.3 Å². The van der Waals surface area contributed by atoms with Gasteiger partial charge in [0.1, 0.15) is 5.82 Å². The van der Waals surface area contributed by atoms with Crippen LogP contribution in [0.5, 0.6) is 0 Å². The number of fused-ring (bicyclic) bond motifs is 2. The van der Waals surface area contributed by atoms with E-state index in [9.17, 15) is 0 Å². The maximum absolute atomic E-state index is 6.03. The normalized spacial score (nSPS) is 22.5. The molecular weight excluding hydrogens is 334 g/mol. The zero-order valence-corrected chi connectivity index (χ0v) is 17.2. The number of ether oxygens (including phenoxy) is 1. The Hall–Kier alpha value is -1.94. The molecule has 2 aliphatic heterocycles. The molecule has 4 heteroatoms. The molecule has 2 saturated heterocycles. The van der Waals surface area contributed by atoms with Crippen LogP contribution in [0, 0.1) is 12.8 Å². The van der Waals surface area contributed by atoms with E-state index in [0.717, 1.165) is 36.0 Å². The summed E-state index contributed by atoms with van der Waals surface area (Å²) in [6, 6.07) is 10.7. The summed E-state index contributed by atoms with van der Waals surface area (Å²) in [4.78, 5) is 12.4. The van der Waals surface area contributed by atoms with Crippen molar-refractivity contribution >= 4 is 5.82 Å². The highest BCUT2D eigenvalue weighted by Crippen LogP contribution is 2.35. The minimum Gasteiger partial charge on any atom is -0.371 e. The molecule has 27 heavy (non-hydrogen) atoms. The van der Waals surface area contributed by atoms with Crippen molar-refractivity contribution in [1.82, 2.24) is 9.97 Å². The number of hydrogen-bond acceptors (Lipinski definition) is 4. The molecule has 4 nitrogen and oxygen atoms in total. The molecule has 2 fully saturated rings. The molecule has 144 valence electrons. The molecule has 0 saturated carbocycles. The predicted molar refractivity (Wildman–Crippen MR) is 110 cm³/mol. The van der Waals surface area contributed by atoms with Gasteiger partial charge in [-0.05, 0) is 25.7 Å². The van der Waals surface area contributed by atoms with Crippen LogP contribution >= 0.6 is 0 Å². The Morgan fingerprint density at radius 3 is 2.26 bits per heavy atom. The maximum Gasteiger partial charge on any atom is 0.161 e. The summed E-state index contributed by atoms with van der Waals surface area (Å²) in [5, 5.41) is 0. The summed E-state index contributed by atoms with van der Waals surface area (Å²) in [7, 11) is 0. The van der Waals surface area contributed by atoms with E-state index in [1.54, 1.807) is 0 Å². The number of rotatable bonds is 4. The SMILES string of the molecule is Cc1ccc(-c2nc(N3CC4CCC(C3)O4)cc(C(C)(C)C(C)C)n2)cc1. The lowest BCUT2D eigenvalue weighted by atomic mass is 9.78. The summed E-state index contributed by atoms with van der Waals surface area (Å²) < 4.78 is 6.03. The Labute approximate surface area is 163 Å². The van der Waals surface area contributed by atoms with Gasteiger partial charge in [-0.15, -0.1) is 0 Å². The molecule has 0 aliphatic carbocycles. The molecular formula is C23H31N3O. The number of aromatic nitrogens is 2. The van der Waals surface area contributed by atoms with Gasteiger partial charge in [0, 0.05) is 30.1 Å². The largest absolute Gasteiger partial charge is 0.371 e. The van der Waals surface area contributed by atoms with Gasteiger partial charge in [0.15, 0.2) is 5.82 Å². The highest BCUT2D eigenvalue weighted by atomic mass is 16.5. The average molecular weight is 366 g/mol. The van der Waals surface area contributed by atoms with Crippen LogP contribution in [0.1, 0.15) is 51.8 Å². The van der Waals surface area contributed by atoms with Crippen LogP contribution in [0.4, 0.5) is 5.82 Å². The Balaban J connectivity index is 1.78. The van der Waals surface area contributed by atoms with Crippen molar-refractivity contribution in [2.75, 3.05) is 18.0 Å². The third-order valence-corrected chi connectivity index (χ3v) is 6.49. The van der Waals surface area contributed by atoms with Crippen LogP contribution in [0.3, 0.4) is 0 Å². The fourth-order valence-corrected chi connectivity index (χ4v) is 3.86. The molecule has 2 aliphatic rings. The van der Waals surface area contributed by atoms with Crippen molar-refractivity contribution in [1.29, 1.82) is 0 Å². The second-order valence-corrected chi connectivity index (χ2v) is 9.04. The molecule has 0 radical (unpaired) electrons. The monoisotopic (exact) mass is 365 g/mol. The van der Waals surface area contributed by atoms with Crippen molar-refractivity contribution in [3.05, 3.63) is 41.6 Å². The molecule has 2 bridgehead atoms. The van der Waals surface area contributed by atoms with Crippen molar-refractivity contribution in [3.63, 3.8) is 0 Å². The highest BCUT2D eigenvalue weighted by molar-refractivity contribution is 5.59. The van der Waals surface area contributed by atoms with Gasteiger partial charge in [-0.3, -0.25) is 0 Å². The molecule has 1 aromatic heterocycles. The van der Waals surface area contributed by atoms with Gasteiger partial charge >= 0.3 is 0 Å². The number of aryl methyl sites for hydroxylation is 1. The Kier molecular flexibility index (Phi) is 4.71. The van der Waals surface area contributed by atoms with Crippen LogP contribution in [-0.2, 0) is 10.2 Å². The highest BCUT2D eigenvalue weighted by Gasteiger charge is 2.35. The molecule has 2 atom stereocenters. The predicted octanol–water partition coefficient (Wildman–Crippen LogP) is 4.75. The summed E-state index contributed by atoms with van der Waals surface area (Å²) in [5.74, 6) is 2.37. The average Bonchev–Trinajstić information content (AvgIpc) is 2.99. The number of anilines is 1. The van der Waals surface area contributed by atoms with Gasteiger partial charge in [-0.25, -0.2) is 9.97 Å². The third kappa shape index (κ3) is 3.60. The second-order valence-electron chi connectivity index (χ2n) is 9.04. The molecule has 3 heterocycles. The first kappa shape index (κ1) is 18.4. The Morgan fingerprint density at radius 2 is 1.67 bits per heavy atom. The van der Waals surface area contributed by atoms with E-state index < -0.39 is 0 Å². The summed E-state index contributed by atoms with van der Waals surface area (Å²) in [6.45, 7) is 13.1. The van der Waals surface area contributed by atoms with Crippen LogP contribution in [0.2, 0.25) is 0 Å². The van der Waals surface area contributed by atoms with Crippen molar-refractivity contribution < 1.29 is 4.74 Å². The fraction of sp³-hybridized carbons (Fsp3) is 0.565. The summed E-state index contributed by atoms with van der Waals surface area (Å²) in [5.41, 5.74) is 3.45. The number of hydrogen-bond donors (Lipinski definition) is 0. The fourth-order valence-electron chi connectivity index (χ4n) is 3.86. The minimum atomic E-state index is -0.0115. The van der Waals surface area contributed by atoms with E-state index in [1.165, 1.54) is 18.4 Å². The summed E-state index contributed by atoms with van der Waals surface area (Å²) >= 11 is 0. The van der Waals surface area contributed by atoms with Gasteiger partial charge in [-0.2, -0.15) is 0 Å². The van der Waals surface area contributed by atoms with Gasteiger partial charge in [0.05, 0.1) is 17.9 Å². The molecule has 4 rings (SSSR count). The Morgan fingerprint density at radius 1 is 1.04 bits per heavy atom. The van der Waals surface area contributed by atoms with E-state index in [0.29, 0.717) is 18.1 Å². The van der Waals surface area contributed by atoms with E-state index in [-0.39, 0.29) is 5.41 Å². The van der Waals surface area contributed by atoms with Crippen molar-refractivity contribution in [2.45, 2.75) is 65.1 Å². The first-order valence-corrected chi connectivity index (χ1v) is 10.2. The quantitative estimate of drug-likeness (QED) is 0.783. The van der Waals surface area contributed by atoms with Crippen LogP contribution in [0.25, 0.3) is 11.4 Å². The molecule has 0 spiro atoms. The minimum absolute atomic E-state index is 0.0115. The first-order chi connectivity index (χ1) is 12.8. The maximum atomic E-state index is 6.03. The molecule has 0 amide bonds. The zero-order valence-electron chi connectivity index (χ0n) is 17.2. The standard InChI is InChI=1S/C23H31N3O/c1-15(2)23(4,5)20-12-21(26-13-18-10-11-19(14-26)27-18)25-22(24-20)17-8-6-16(3)7-9-17/h6-9,12,15,18-19H,10-11,13-14H2,1-5H3. The molecule has 2 aromatic rings. The smallest absolute Gasteiger partial charge is 0.161 e. The lowest BCUT2D eigenvalue weighted by molar-refractivity contribution is 0.0302. The first-order valence-electron chi connectivity index (χ1n) is 10.2. The van der Waals surface area contributed by atoms with Gasteiger partial charge in [0.25, 0.3) is 0 Å². The Bertz CT molecular complexity index is 801. The molecule has 1 aromatic carbocycles. The van der Waals surface area contributed by atoms with Crippen molar-refractivity contribution in [2.24, 2.45) is 5.92 Å². The topological polar surface area (TPSA) is 38.2 Å². The van der Waals surface area contributed by atoms with E-state index in [2.05, 4.69) is 69.9 Å². The third-order valence-electron chi connectivity index (χ3n) is 6.49. The van der Waals surface area contributed by atoms with Gasteiger partial charge < -0.3 is 9.64 Å². The van der Waals surface area contributed by atoms with E-state index in [1.807, 2.05) is 0 Å². The van der Waals surface area contributed by atoms with Crippen LogP contribution < -0.4 is 4.90 Å². The van der Waals surface area contributed by atoms with Crippen LogP contribution in [0.15, 0.2) is 30.3 Å². The lowest BCUT2D eigenvalue weighted by Gasteiger charge is -2.35. The molecule has 0 N–H and O–H groups in total. The lowest BCUT2D eigenvalue weighted by Crippen LogP contribution is -2.43. The van der Waals surface area contributed by atoms with E-state index in [4.69, 9.17) is 14.7 Å². The number of nitrogens with zero attached hydrogens (tertiary/aromatic N) is 3.